The van der Waals surface area contributed by atoms with E-state index in [0.717, 1.165) is 27.6 Å². The lowest BCUT2D eigenvalue weighted by Gasteiger charge is -2.06. The van der Waals surface area contributed by atoms with Gasteiger partial charge >= 0.3 is 0 Å². The van der Waals surface area contributed by atoms with Gasteiger partial charge in [-0.15, -0.1) is 11.3 Å². The lowest BCUT2D eigenvalue weighted by molar-refractivity contribution is -0.125. The molecule has 2 aromatic carbocycles. The van der Waals surface area contributed by atoms with Gasteiger partial charge in [0.05, 0.1) is 35.5 Å². The summed E-state index contributed by atoms with van der Waals surface area (Å²) in [4.78, 5) is 28.0. The van der Waals surface area contributed by atoms with Crippen molar-refractivity contribution in [3.63, 3.8) is 0 Å². The normalized spacial score (nSPS) is 11.0. The zero-order chi connectivity index (χ0) is 22.4. The Morgan fingerprint density at radius 1 is 1.06 bits per heavy atom. The predicted octanol–water partition coefficient (Wildman–Crippen LogP) is 1.63. The molecule has 0 saturated carbocycles. The van der Waals surface area contributed by atoms with E-state index in [9.17, 15) is 18.0 Å². The molecule has 9 nitrogen and oxygen atoms in total. The Morgan fingerprint density at radius 2 is 1.77 bits per heavy atom. The first kappa shape index (κ1) is 22.2. The van der Waals surface area contributed by atoms with Crippen molar-refractivity contribution in [2.75, 3.05) is 24.1 Å². The summed E-state index contributed by atoms with van der Waals surface area (Å²) < 4.78 is 26.0. The van der Waals surface area contributed by atoms with E-state index >= 15 is 0 Å². The molecule has 0 unspecified atom stereocenters. The summed E-state index contributed by atoms with van der Waals surface area (Å²) in [6, 6.07) is 14.5. The van der Waals surface area contributed by atoms with E-state index in [4.69, 9.17) is 5.26 Å². The molecular formula is C20H19N5O4S2. The molecule has 0 atom stereocenters. The number of nitrogens with zero attached hydrogens (tertiary/aromatic N) is 2. The smallest absolute Gasteiger partial charge is 0.240 e. The maximum atomic E-state index is 12.0. The van der Waals surface area contributed by atoms with Gasteiger partial charge in [-0.25, -0.2) is 13.4 Å². The molecule has 0 aliphatic heterocycles. The highest BCUT2D eigenvalue weighted by atomic mass is 32.2. The van der Waals surface area contributed by atoms with Gasteiger partial charge in [-0.1, -0.05) is 18.2 Å². The van der Waals surface area contributed by atoms with E-state index in [1.54, 1.807) is 18.2 Å². The highest BCUT2D eigenvalue weighted by molar-refractivity contribution is 7.92. The second kappa shape index (κ2) is 9.55. The third-order valence-corrected chi connectivity index (χ3v) is 5.72. The van der Waals surface area contributed by atoms with Crippen molar-refractivity contribution in [2.24, 2.45) is 0 Å². The van der Waals surface area contributed by atoms with E-state index < -0.39 is 15.9 Å². The molecule has 0 spiro atoms. The number of nitrogens with one attached hydrogen (secondary N) is 3. The van der Waals surface area contributed by atoms with Gasteiger partial charge in [0, 0.05) is 5.69 Å². The number of carbonyl (C=O) groups is 2. The number of anilines is 1. The molecular weight excluding hydrogens is 438 g/mol. The Bertz CT molecular complexity index is 1260. The molecule has 11 heteroatoms. The molecule has 0 aliphatic rings. The fourth-order valence-corrected chi connectivity index (χ4v) is 4.27. The zero-order valence-corrected chi connectivity index (χ0v) is 18.1. The number of thiazole rings is 1. The van der Waals surface area contributed by atoms with E-state index in [1.165, 1.54) is 11.3 Å². The summed E-state index contributed by atoms with van der Waals surface area (Å²) in [5.41, 5.74) is 3.04. The summed E-state index contributed by atoms with van der Waals surface area (Å²) in [6.45, 7) is -0.300. The Balaban J connectivity index is 1.67. The second-order valence-corrected chi connectivity index (χ2v) is 9.49. The van der Waals surface area contributed by atoms with Crippen LogP contribution in [0.5, 0.6) is 0 Å². The summed E-state index contributed by atoms with van der Waals surface area (Å²) >= 11 is 1.39. The molecule has 3 N–H and O–H groups in total. The van der Waals surface area contributed by atoms with Crippen LogP contribution in [-0.4, -0.2) is 44.6 Å². The maximum Gasteiger partial charge on any atom is 0.240 e. The molecule has 0 aliphatic carbocycles. The molecule has 0 bridgehead atoms. The summed E-state index contributed by atoms with van der Waals surface area (Å²) in [7, 11) is -3.33. The highest BCUT2D eigenvalue weighted by Gasteiger charge is 2.11. The first-order valence-corrected chi connectivity index (χ1v) is 11.8. The van der Waals surface area contributed by atoms with Crippen molar-refractivity contribution < 1.29 is 18.0 Å². The molecule has 160 valence electrons. The molecule has 31 heavy (non-hydrogen) atoms. The highest BCUT2D eigenvalue weighted by Crippen LogP contribution is 2.29. The van der Waals surface area contributed by atoms with Gasteiger partial charge in [0.1, 0.15) is 11.6 Å². The minimum Gasteiger partial charge on any atom is -0.347 e. The van der Waals surface area contributed by atoms with Gasteiger partial charge in [-0.05, 0) is 35.4 Å². The third kappa shape index (κ3) is 6.50. The Morgan fingerprint density at radius 3 is 2.45 bits per heavy atom. The van der Waals surface area contributed by atoms with Crippen molar-refractivity contribution in [1.29, 1.82) is 5.26 Å². The van der Waals surface area contributed by atoms with E-state index in [2.05, 4.69) is 20.3 Å². The van der Waals surface area contributed by atoms with Gasteiger partial charge in [0.15, 0.2) is 0 Å². The van der Waals surface area contributed by atoms with Crippen LogP contribution in [0.15, 0.2) is 42.5 Å². The number of benzene rings is 2. The topological polar surface area (TPSA) is 141 Å². The second-order valence-electron chi connectivity index (χ2n) is 6.63. The molecule has 0 saturated heterocycles. The fraction of sp³-hybridized carbons (Fsp3) is 0.200. The molecule has 1 aromatic heterocycles. The average molecular weight is 458 g/mol. The SMILES string of the molecule is CS(=O)(=O)Nc1ccc(-c2ccc3sc(CC(=O)NCC(=O)NCC#N)nc3c2)cc1. The Labute approximate surface area is 183 Å². The van der Waals surface area contributed by atoms with Crippen LogP contribution in [0.3, 0.4) is 0 Å². The fourth-order valence-electron chi connectivity index (χ4n) is 2.75. The molecule has 0 radical (unpaired) electrons. The van der Waals surface area contributed by atoms with Gasteiger partial charge in [-0.2, -0.15) is 5.26 Å². The van der Waals surface area contributed by atoms with Crippen molar-refractivity contribution in [3.8, 4) is 17.2 Å². The van der Waals surface area contributed by atoms with Gasteiger partial charge in [0.2, 0.25) is 21.8 Å². The number of sulfonamides is 1. The van der Waals surface area contributed by atoms with Crippen molar-refractivity contribution in [3.05, 3.63) is 47.5 Å². The Kier molecular flexibility index (Phi) is 6.84. The number of aromatic nitrogens is 1. The number of fused-ring (bicyclic) bond motifs is 1. The standard InChI is InChI=1S/C20H19N5O4S2/c1-31(28,29)25-15-5-2-13(3-6-15)14-4-7-17-16(10-14)24-20(30-17)11-18(26)23-12-19(27)22-9-8-21/h2-7,10,25H,9,11-12H2,1H3,(H,22,27)(H,23,26). The van der Waals surface area contributed by atoms with Crippen LogP contribution in [0.2, 0.25) is 0 Å². The van der Waals surface area contributed by atoms with Gasteiger partial charge in [-0.3, -0.25) is 14.3 Å². The summed E-state index contributed by atoms with van der Waals surface area (Å²) in [6.07, 6.45) is 1.14. The van der Waals surface area contributed by atoms with Crippen LogP contribution in [0.1, 0.15) is 5.01 Å². The number of amides is 2. The number of nitriles is 1. The Hall–Kier alpha value is -3.49. The van der Waals surface area contributed by atoms with E-state index in [-0.39, 0.29) is 25.4 Å². The minimum absolute atomic E-state index is 0.0477. The van der Waals surface area contributed by atoms with E-state index in [1.807, 2.05) is 30.3 Å². The van der Waals surface area contributed by atoms with Crippen LogP contribution in [0.4, 0.5) is 5.69 Å². The average Bonchev–Trinajstić information content (AvgIpc) is 3.11. The van der Waals surface area contributed by atoms with Crippen LogP contribution < -0.4 is 15.4 Å². The molecule has 3 aromatic rings. The first-order valence-electron chi connectivity index (χ1n) is 9.11. The number of hydrogen-bond acceptors (Lipinski definition) is 7. The van der Waals surface area contributed by atoms with Crippen LogP contribution in [0.25, 0.3) is 21.3 Å². The van der Waals surface area contributed by atoms with E-state index in [0.29, 0.717) is 10.7 Å². The molecule has 3 rings (SSSR count). The number of rotatable bonds is 8. The monoisotopic (exact) mass is 457 g/mol. The zero-order valence-electron chi connectivity index (χ0n) is 16.5. The maximum absolute atomic E-state index is 12.0. The van der Waals surface area contributed by atoms with Crippen LogP contribution in [0, 0.1) is 11.3 Å². The predicted molar refractivity (Wildman–Crippen MR) is 119 cm³/mol. The lowest BCUT2D eigenvalue weighted by atomic mass is 10.1. The minimum atomic E-state index is -3.33. The van der Waals surface area contributed by atoms with Crippen LogP contribution >= 0.6 is 11.3 Å². The largest absolute Gasteiger partial charge is 0.347 e. The van der Waals surface area contributed by atoms with Crippen molar-refractivity contribution in [1.82, 2.24) is 15.6 Å². The number of hydrogen-bond donors (Lipinski definition) is 3. The summed E-state index contributed by atoms with van der Waals surface area (Å²) in [5, 5.41) is 13.9. The van der Waals surface area contributed by atoms with Gasteiger partial charge in [0.25, 0.3) is 0 Å². The lowest BCUT2D eigenvalue weighted by Crippen LogP contribution is -2.37. The molecule has 2 amide bonds. The quantitative estimate of drug-likeness (QED) is 0.439. The van der Waals surface area contributed by atoms with Crippen molar-refractivity contribution >= 4 is 49.1 Å². The first-order chi connectivity index (χ1) is 14.7. The van der Waals surface area contributed by atoms with Crippen LogP contribution in [-0.2, 0) is 26.0 Å². The molecule has 1 heterocycles. The third-order valence-electron chi connectivity index (χ3n) is 4.08. The summed E-state index contributed by atoms with van der Waals surface area (Å²) in [5.74, 6) is -0.762. The van der Waals surface area contributed by atoms with Crippen molar-refractivity contribution in [2.45, 2.75) is 6.42 Å². The van der Waals surface area contributed by atoms with Gasteiger partial charge < -0.3 is 10.6 Å². The molecule has 0 fully saturated rings. The number of carbonyl (C=O) groups excluding carboxylic acids is 2.